The number of halogens is 4. The number of nitrogen functional groups attached to an aromatic ring is 1. The van der Waals surface area contributed by atoms with E-state index in [9.17, 15) is 17.6 Å². The number of hydrogen-bond acceptors (Lipinski definition) is 2. The van der Waals surface area contributed by atoms with Gasteiger partial charge in [0.25, 0.3) is 0 Å². The molecular formula is C14H11F4N3. The van der Waals surface area contributed by atoms with Crippen molar-refractivity contribution in [1.82, 2.24) is 4.57 Å². The van der Waals surface area contributed by atoms with E-state index in [0.717, 1.165) is 6.07 Å². The topological polar surface area (TPSA) is 54.7 Å². The lowest BCUT2D eigenvalue weighted by atomic mass is 10.1. The Morgan fingerprint density at radius 1 is 1.24 bits per heavy atom. The molecule has 0 amide bonds. The lowest BCUT2D eigenvalue weighted by Gasteiger charge is -2.13. The van der Waals surface area contributed by atoms with Crippen LogP contribution in [0.5, 0.6) is 0 Å². The van der Waals surface area contributed by atoms with E-state index in [1.54, 1.807) is 13.8 Å². The predicted molar refractivity (Wildman–Crippen MR) is 69.3 cm³/mol. The van der Waals surface area contributed by atoms with Crippen molar-refractivity contribution in [3.63, 3.8) is 0 Å². The van der Waals surface area contributed by atoms with E-state index in [1.165, 1.54) is 10.6 Å². The van der Waals surface area contributed by atoms with Gasteiger partial charge >= 0.3 is 6.18 Å². The van der Waals surface area contributed by atoms with Gasteiger partial charge in [0.05, 0.1) is 11.1 Å². The highest BCUT2D eigenvalue weighted by Gasteiger charge is 2.34. The summed E-state index contributed by atoms with van der Waals surface area (Å²) >= 11 is 0. The molecule has 0 fully saturated rings. The minimum Gasteiger partial charge on any atom is -0.384 e. The summed E-state index contributed by atoms with van der Waals surface area (Å²) in [4.78, 5) is 0. The number of aromatic nitrogens is 1. The minimum atomic E-state index is -4.80. The van der Waals surface area contributed by atoms with Gasteiger partial charge in [-0.15, -0.1) is 0 Å². The number of nitrogens with two attached hydrogens (primary N) is 1. The highest BCUT2D eigenvalue weighted by Crippen LogP contribution is 2.34. The van der Waals surface area contributed by atoms with Crippen LogP contribution in [0.2, 0.25) is 0 Å². The lowest BCUT2D eigenvalue weighted by Crippen LogP contribution is -2.10. The summed E-state index contributed by atoms with van der Waals surface area (Å²) in [6, 6.07) is 4.51. The van der Waals surface area contributed by atoms with E-state index in [1.807, 2.05) is 6.07 Å². The Labute approximate surface area is 118 Å². The van der Waals surface area contributed by atoms with E-state index in [0.29, 0.717) is 17.3 Å². The largest absolute Gasteiger partial charge is 0.419 e. The number of nitrogens with zero attached hydrogens (tertiary/aromatic N) is 2. The second-order valence-electron chi connectivity index (χ2n) is 4.58. The molecule has 1 heterocycles. The second-order valence-corrected chi connectivity index (χ2v) is 4.58. The highest BCUT2D eigenvalue weighted by atomic mass is 19.4. The monoisotopic (exact) mass is 297 g/mol. The molecule has 0 saturated carbocycles. The Bertz CT molecular complexity index is 751. The molecule has 3 nitrogen and oxygen atoms in total. The summed E-state index contributed by atoms with van der Waals surface area (Å²) in [5.74, 6) is -1.32. The Morgan fingerprint density at radius 2 is 1.86 bits per heavy atom. The molecule has 0 atom stereocenters. The van der Waals surface area contributed by atoms with E-state index in [4.69, 9.17) is 11.0 Å². The standard InChI is InChI=1S/C14H11F4N3/c1-7-8(2)21(13(20)10(7)6-19)9-3-4-12(15)11(5-9)14(16,17)18/h3-5H,20H2,1-2H3. The average molecular weight is 297 g/mol. The summed E-state index contributed by atoms with van der Waals surface area (Å²) in [6.07, 6.45) is -4.80. The van der Waals surface area contributed by atoms with E-state index in [-0.39, 0.29) is 17.1 Å². The Balaban J connectivity index is 2.73. The van der Waals surface area contributed by atoms with E-state index >= 15 is 0 Å². The first kappa shape index (κ1) is 14.9. The first-order valence-corrected chi connectivity index (χ1v) is 5.93. The van der Waals surface area contributed by atoms with Crippen molar-refractivity contribution >= 4 is 5.82 Å². The maximum atomic E-state index is 13.3. The third-order valence-corrected chi connectivity index (χ3v) is 3.38. The lowest BCUT2D eigenvalue weighted by molar-refractivity contribution is -0.140. The molecule has 7 heteroatoms. The Hall–Kier alpha value is -2.49. The fraction of sp³-hybridized carbons (Fsp3) is 0.214. The number of benzene rings is 1. The summed E-state index contributed by atoms with van der Waals surface area (Å²) in [6.45, 7) is 3.28. The van der Waals surface area contributed by atoms with Crippen molar-refractivity contribution in [2.75, 3.05) is 5.73 Å². The highest BCUT2D eigenvalue weighted by molar-refractivity contribution is 5.62. The molecule has 1 aromatic carbocycles. The number of rotatable bonds is 1. The van der Waals surface area contributed by atoms with Crippen LogP contribution in [0.1, 0.15) is 22.4 Å². The number of nitriles is 1. The molecule has 1 aromatic heterocycles. The molecule has 0 bridgehead atoms. The van der Waals surface area contributed by atoms with Gasteiger partial charge in [-0.05, 0) is 37.6 Å². The molecular weight excluding hydrogens is 286 g/mol. The number of alkyl halides is 3. The first-order chi connectivity index (χ1) is 9.68. The van der Waals surface area contributed by atoms with Gasteiger partial charge in [0, 0.05) is 11.4 Å². The van der Waals surface area contributed by atoms with Gasteiger partial charge in [0.1, 0.15) is 17.7 Å². The zero-order chi connectivity index (χ0) is 15.9. The van der Waals surface area contributed by atoms with Gasteiger partial charge < -0.3 is 5.73 Å². The quantitative estimate of drug-likeness (QED) is 0.816. The maximum absolute atomic E-state index is 13.3. The smallest absolute Gasteiger partial charge is 0.384 e. The number of anilines is 1. The molecule has 2 aromatic rings. The third-order valence-electron chi connectivity index (χ3n) is 3.38. The summed E-state index contributed by atoms with van der Waals surface area (Å²) in [5, 5.41) is 9.03. The zero-order valence-electron chi connectivity index (χ0n) is 11.2. The molecule has 0 spiro atoms. The Kier molecular flexibility index (Phi) is 3.41. The second kappa shape index (κ2) is 4.81. The van der Waals surface area contributed by atoms with Gasteiger partial charge in [-0.25, -0.2) is 4.39 Å². The van der Waals surface area contributed by atoms with Crippen molar-refractivity contribution < 1.29 is 17.6 Å². The van der Waals surface area contributed by atoms with Crippen LogP contribution in [0.25, 0.3) is 5.69 Å². The molecule has 0 radical (unpaired) electrons. The summed E-state index contributed by atoms with van der Waals surface area (Å²) < 4.78 is 52.9. The van der Waals surface area contributed by atoms with Crippen molar-refractivity contribution in [2.24, 2.45) is 0 Å². The SMILES string of the molecule is Cc1c(C#N)c(N)n(-c2ccc(F)c(C(F)(F)F)c2)c1C. The van der Waals surface area contributed by atoms with Crippen LogP contribution in [0, 0.1) is 31.0 Å². The molecule has 0 aliphatic rings. The Morgan fingerprint density at radius 3 is 2.33 bits per heavy atom. The first-order valence-electron chi connectivity index (χ1n) is 5.93. The van der Waals surface area contributed by atoms with Crippen molar-refractivity contribution in [2.45, 2.75) is 20.0 Å². The molecule has 2 N–H and O–H groups in total. The van der Waals surface area contributed by atoms with Crippen LogP contribution in [0.3, 0.4) is 0 Å². The zero-order valence-corrected chi connectivity index (χ0v) is 11.2. The van der Waals surface area contributed by atoms with Gasteiger partial charge in [-0.3, -0.25) is 4.57 Å². The fourth-order valence-electron chi connectivity index (χ4n) is 2.18. The average Bonchev–Trinajstić information content (AvgIpc) is 2.60. The van der Waals surface area contributed by atoms with Crippen molar-refractivity contribution in [3.05, 3.63) is 46.4 Å². The fourth-order valence-corrected chi connectivity index (χ4v) is 2.18. The van der Waals surface area contributed by atoms with E-state index in [2.05, 4.69) is 0 Å². The number of hydrogen-bond donors (Lipinski definition) is 1. The van der Waals surface area contributed by atoms with Crippen molar-refractivity contribution in [1.29, 1.82) is 5.26 Å². The molecule has 0 saturated heterocycles. The summed E-state index contributed by atoms with van der Waals surface area (Å²) in [5.41, 5.74) is 5.80. The van der Waals surface area contributed by atoms with Gasteiger partial charge in [-0.2, -0.15) is 18.4 Å². The maximum Gasteiger partial charge on any atom is 0.419 e. The van der Waals surface area contributed by atoms with Crippen LogP contribution >= 0.6 is 0 Å². The molecule has 0 aliphatic carbocycles. The van der Waals surface area contributed by atoms with Gasteiger partial charge in [0.2, 0.25) is 0 Å². The van der Waals surface area contributed by atoms with E-state index < -0.39 is 17.6 Å². The molecule has 0 unspecified atom stereocenters. The van der Waals surface area contributed by atoms with Gasteiger partial charge in [0.15, 0.2) is 0 Å². The normalized spacial score (nSPS) is 11.5. The van der Waals surface area contributed by atoms with Gasteiger partial charge in [-0.1, -0.05) is 0 Å². The summed E-state index contributed by atoms with van der Waals surface area (Å²) in [7, 11) is 0. The van der Waals surface area contributed by atoms with Crippen LogP contribution in [-0.4, -0.2) is 4.57 Å². The van der Waals surface area contributed by atoms with Crippen LogP contribution in [-0.2, 0) is 6.18 Å². The van der Waals surface area contributed by atoms with Crippen LogP contribution < -0.4 is 5.73 Å². The van der Waals surface area contributed by atoms with Crippen molar-refractivity contribution in [3.8, 4) is 11.8 Å². The van der Waals surface area contributed by atoms with Crippen LogP contribution in [0.15, 0.2) is 18.2 Å². The molecule has 110 valence electrons. The third kappa shape index (κ3) is 2.33. The molecule has 2 rings (SSSR count). The van der Waals surface area contributed by atoms with Crippen LogP contribution in [0.4, 0.5) is 23.4 Å². The minimum absolute atomic E-state index is 0.0345. The molecule has 21 heavy (non-hydrogen) atoms. The predicted octanol–water partition coefficient (Wildman–Crippen LogP) is 3.71. The molecule has 0 aliphatic heterocycles.